The molecule has 2 heterocycles. The fourth-order valence-electron chi connectivity index (χ4n) is 3.50. The van der Waals surface area contributed by atoms with E-state index in [1.807, 2.05) is 5.01 Å². The lowest BCUT2D eigenvalue weighted by Gasteiger charge is -2.42. The highest BCUT2D eigenvalue weighted by Crippen LogP contribution is 2.23. The van der Waals surface area contributed by atoms with E-state index >= 15 is 0 Å². The third-order valence-corrected chi connectivity index (χ3v) is 4.72. The Morgan fingerprint density at radius 3 is 2.38 bits per heavy atom. The summed E-state index contributed by atoms with van der Waals surface area (Å²) in [5, 5.41) is 11.0. The van der Waals surface area contributed by atoms with Crippen molar-refractivity contribution in [1.82, 2.24) is 15.3 Å². The number of carboxylic acid groups (broad SMARTS) is 1. The van der Waals surface area contributed by atoms with E-state index in [2.05, 4.69) is 19.3 Å². The summed E-state index contributed by atoms with van der Waals surface area (Å²) in [6, 6.07) is 0.356. The van der Waals surface area contributed by atoms with Gasteiger partial charge in [0.2, 0.25) is 0 Å². The van der Waals surface area contributed by atoms with Crippen molar-refractivity contribution in [2.45, 2.75) is 76.9 Å². The van der Waals surface area contributed by atoms with Crippen LogP contribution in [0.2, 0.25) is 0 Å². The molecule has 2 fully saturated rings. The zero-order chi connectivity index (χ0) is 15.4. The van der Waals surface area contributed by atoms with Crippen LogP contribution in [0.1, 0.15) is 58.8 Å². The first-order chi connectivity index (χ1) is 9.99. The first-order valence-corrected chi connectivity index (χ1v) is 8.06. The van der Waals surface area contributed by atoms with Crippen molar-refractivity contribution in [3.05, 3.63) is 0 Å². The van der Waals surface area contributed by atoms with Crippen molar-refractivity contribution in [1.29, 1.82) is 0 Å². The molecular weight excluding hydrogens is 270 g/mol. The van der Waals surface area contributed by atoms with Gasteiger partial charge in [-0.25, -0.2) is 9.80 Å². The Morgan fingerprint density at radius 1 is 1.10 bits per heavy atom. The first-order valence-electron chi connectivity index (χ1n) is 8.06. The topological polar surface area (TPSA) is 72.9 Å². The van der Waals surface area contributed by atoms with E-state index in [0.29, 0.717) is 18.6 Å². The minimum atomic E-state index is -0.834. The average Bonchev–Trinajstić information content (AvgIpc) is 2.43. The molecule has 0 saturated carbocycles. The molecule has 3 atom stereocenters. The number of amides is 2. The molecule has 2 amide bonds. The number of rotatable bonds is 3. The molecule has 2 N–H and O–H groups in total. The van der Waals surface area contributed by atoms with Gasteiger partial charge < -0.3 is 10.0 Å². The number of aliphatic carboxylic acids is 1. The molecule has 6 nitrogen and oxygen atoms in total. The second-order valence-corrected chi connectivity index (χ2v) is 6.39. The van der Waals surface area contributed by atoms with Crippen LogP contribution in [0.15, 0.2) is 0 Å². The van der Waals surface area contributed by atoms with E-state index in [0.717, 1.165) is 32.1 Å². The van der Waals surface area contributed by atoms with Gasteiger partial charge in [0.05, 0.1) is 6.42 Å². The number of nitrogens with one attached hydrogen (secondary N) is 1. The van der Waals surface area contributed by atoms with E-state index in [-0.39, 0.29) is 18.5 Å². The van der Waals surface area contributed by atoms with Crippen LogP contribution in [-0.2, 0) is 4.79 Å². The van der Waals surface area contributed by atoms with Crippen molar-refractivity contribution in [2.24, 2.45) is 0 Å². The minimum absolute atomic E-state index is 0.0402. The van der Waals surface area contributed by atoms with Gasteiger partial charge in [-0.15, -0.1) is 0 Å². The third-order valence-electron chi connectivity index (χ3n) is 4.72. The molecule has 0 aromatic heterocycles. The van der Waals surface area contributed by atoms with Crippen molar-refractivity contribution >= 4 is 12.0 Å². The molecule has 120 valence electrons. The highest BCUT2D eigenvalue weighted by atomic mass is 16.4. The second-order valence-electron chi connectivity index (χ2n) is 6.39. The van der Waals surface area contributed by atoms with Gasteiger partial charge in [-0.05, 0) is 46.0 Å². The van der Waals surface area contributed by atoms with E-state index in [1.54, 1.807) is 4.90 Å². The second kappa shape index (κ2) is 7.11. The SMILES string of the molecule is CC1CCCC(C)N1NC(=O)N1CCCCC1CC(=O)O. The molecule has 0 bridgehead atoms. The van der Waals surface area contributed by atoms with Gasteiger partial charge in [0.25, 0.3) is 0 Å². The lowest BCUT2D eigenvalue weighted by Crippen LogP contribution is -2.59. The summed E-state index contributed by atoms with van der Waals surface area (Å²) in [5.41, 5.74) is 3.02. The number of carbonyl (C=O) groups is 2. The first kappa shape index (κ1) is 16.1. The number of likely N-dealkylation sites (tertiary alicyclic amines) is 1. The smallest absolute Gasteiger partial charge is 0.332 e. The Morgan fingerprint density at radius 2 is 1.76 bits per heavy atom. The Hall–Kier alpha value is -1.30. The summed E-state index contributed by atoms with van der Waals surface area (Å²) in [6.45, 7) is 4.90. The molecule has 0 radical (unpaired) electrons. The summed E-state index contributed by atoms with van der Waals surface area (Å²) in [6.07, 6.45) is 6.14. The predicted molar refractivity (Wildman–Crippen MR) is 79.7 cm³/mol. The van der Waals surface area contributed by atoms with Gasteiger partial charge in [0.1, 0.15) is 0 Å². The Bertz CT molecular complexity index is 378. The zero-order valence-electron chi connectivity index (χ0n) is 13.0. The number of hydrogen-bond acceptors (Lipinski definition) is 3. The number of hydrogen-bond donors (Lipinski definition) is 2. The van der Waals surface area contributed by atoms with Crippen LogP contribution < -0.4 is 5.43 Å². The van der Waals surface area contributed by atoms with Gasteiger partial charge in [0.15, 0.2) is 0 Å². The van der Waals surface area contributed by atoms with Crippen LogP contribution in [0.5, 0.6) is 0 Å². The van der Waals surface area contributed by atoms with Gasteiger partial charge in [0, 0.05) is 24.7 Å². The maximum atomic E-state index is 12.5. The molecule has 2 aliphatic rings. The Balaban J connectivity index is 1.98. The number of piperidine rings is 2. The summed E-state index contributed by atoms with van der Waals surface area (Å²) >= 11 is 0. The van der Waals surface area contributed by atoms with E-state index in [9.17, 15) is 9.59 Å². The summed E-state index contributed by atoms with van der Waals surface area (Å²) in [4.78, 5) is 25.2. The molecule has 2 aliphatic heterocycles. The fraction of sp³-hybridized carbons (Fsp3) is 0.867. The van der Waals surface area contributed by atoms with Gasteiger partial charge in [-0.2, -0.15) is 0 Å². The monoisotopic (exact) mass is 297 g/mol. The van der Waals surface area contributed by atoms with Crippen LogP contribution in [0, 0.1) is 0 Å². The maximum absolute atomic E-state index is 12.5. The predicted octanol–water partition coefficient (Wildman–Crippen LogP) is 2.20. The standard InChI is InChI=1S/C15H27N3O3/c1-11-6-5-7-12(2)18(11)16-15(21)17-9-4-3-8-13(17)10-14(19)20/h11-13H,3-10H2,1-2H3,(H,16,21)(H,19,20). The number of hydrazine groups is 1. The molecule has 0 aromatic carbocycles. The van der Waals surface area contributed by atoms with E-state index < -0.39 is 5.97 Å². The largest absolute Gasteiger partial charge is 0.481 e. The van der Waals surface area contributed by atoms with Crippen LogP contribution in [0.3, 0.4) is 0 Å². The van der Waals surface area contributed by atoms with Crippen molar-refractivity contribution < 1.29 is 14.7 Å². The highest BCUT2D eigenvalue weighted by Gasteiger charge is 2.32. The molecule has 0 aromatic rings. The van der Waals surface area contributed by atoms with E-state index in [1.165, 1.54) is 6.42 Å². The van der Waals surface area contributed by atoms with Crippen LogP contribution >= 0.6 is 0 Å². The lowest BCUT2D eigenvalue weighted by atomic mass is 9.99. The molecule has 0 aliphatic carbocycles. The maximum Gasteiger partial charge on any atom is 0.332 e. The minimum Gasteiger partial charge on any atom is -0.481 e. The highest BCUT2D eigenvalue weighted by molar-refractivity contribution is 5.75. The molecule has 21 heavy (non-hydrogen) atoms. The van der Waals surface area contributed by atoms with Crippen molar-refractivity contribution in [2.75, 3.05) is 6.54 Å². The van der Waals surface area contributed by atoms with Gasteiger partial charge in [-0.1, -0.05) is 6.42 Å². The van der Waals surface area contributed by atoms with Gasteiger partial charge >= 0.3 is 12.0 Å². The summed E-state index contributed by atoms with van der Waals surface area (Å²) in [5.74, 6) is -0.834. The van der Waals surface area contributed by atoms with Crippen molar-refractivity contribution in [3.63, 3.8) is 0 Å². The third kappa shape index (κ3) is 4.09. The molecule has 0 spiro atoms. The van der Waals surface area contributed by atoms with Gasteiger partial charge in [-0.3, -0.25) is 10.2 Å². The number of carbonyl (C=O) groups excluding carboxylic acids is 1. The molecule has 2 rings (SSSR count). The number of carboxylic acids is 1. The molecule has 3 unspecified atom stereocenters. The zero-order valence-corrected chi connectivity index (χ0v) is 13.0. The number of nitrogens with zero attached hydrogens (tertiary/aromatic N) is 2. The van der Waals surface area contributed by atoms with Crippen LogP contribution in [0.4, 0.5) is 4.79 Å². The molecular formula is C15H27N3O3. The molecule has 2 saturated heterocycles. The normalized spacial score (nSPS) is 31.0. The Labute approximate surface area is 126 Å². The number of urea groups is 1. The molecule has 6 heteroatoms. The van der Waals surface area contributed by atoms with Crippen LogP contribution in [0.25, 0.3) is 0 Å². The fourth-order valence-corrected chi connectivity index (χ4v) is 3.50. The quantitative estimate of drug-likeness (QED) is 0.837. The van der Waals surface area contributed by atoms with Crippen LogP contribution in [-0.4, -0.2) is 51.7 Å². The lowest BCUT2D eigenvalue weighted by molar-refractivity contribution is -0.138. The average molecular weight is 297 g/mol. The van der Waals surface area contributed by atoms with E-state index in [4.69, 9.17) is 5.11 Å². The van der Waals surface area contributed by atoms with Crippen molar-refractivity contribution in [3.8, 4) is 0 Å². The Kier molecular flexibility index (Phi) is 5.45. The summed E-state index contributed by atoms with van der Waals surface area (Å²) < 4.78 is 0. The summed E-state index contributed by atoms with van der Waals surface area (Å²) in [7, 11) is 0.